The Labute approximate surface area is 101 Å². The van der Waals surface area contributed by atoms with Crippen LogP contribution in [-0.2, 0) is 9.59 Å². The van der Waals surface area contributed by atoms with Crippen LogP contribution in [0, 0.1) is 0 Å². The third-order valence-electron chi connectivity index (χ3n) is 2.33. The van der Waals surface area contributed by atoms with Crippen LogP contribution in [0.4, 0.5) is 0 Å². The van der Waals surface area contributed by atoms with Crippen LogP contribution in [-0.4, -0.2) is 35.6 Å². The molecule has 1 unspecified atom stereocenters. The van der Waals surface area contributed by atoms with Gasteiger partial charge in [0.25, 0.3) is 0 Å². The van der Waals surface area contributed by atoms with Crippen LogP contribution in [0.15, 0.2) is 0 Å². The molecular weight excluding hydrogens is 232 g/mol. The van der Waals surface area contributed by atoms with Crippen LogP contribution >= 0.6 is 12.4 Å². The summed E-state index contributed by atoms with van der Waals surface area (Å²) in [6.07, 6.45) is 3.42. The highest BCUT2D eigenvalue weighted by Crippen LogP contribution is 2.18. The third-order valence-corrected chi connectivity index (χ3v) is 2.33. The number of carbonyl (C=O) groups is 2. The van der Waals surface area contributed by atoms with Crippen LogP contribution in [0.25, 0.3) is 0 Å². The molecule has 16 heavy (non-hydrogen) atoms. The molecule has 1 amide bonds. The molecule has 0 radical (unpaired) electrons. The first-order valence-corrected chi connectivity index (χ1v) is 5.39. The van der Waals surface area contributed by atoms with Gasteiger partial charge in [0, 0.05) is 6.04 Å². The zero-order valence-corrected chi connectivity index (χ0v) is 10.2. The van der Waals surface area contributed by atoms with Crippen LogP contribution in [0.2, 0.25) is 0 Å². The Morgan fingerprint density at radius 2 is 2.06 bits per heavy atom. The Morgan fingerprint density at radius 3 is 2.50 bits per heavy atom. The number of carbonyl (C=O) groups excluding carboxylic acids is 1. The summed E-state index contributed by atoms with van der Waals surface area (Å²) in [5, 5.41) is 14.4. The van der Waals surface area contributed by atoms with E-state index in [0.29, 0.717) is 12.5 Å². The van der Waals surface area contributed by atoms with Crippen LogP contribution in [0.5, 0.6) is 0 Å². The van der Waals surface area contributed by atoms with Crippen molar-refractivity contribution in [3.05, 3.63) is 0 Å². The van der Waals surface area contributed by atoms with Gasteiger partial charge in [-0.15, -0.1) is 12.4 Å². The molecule has 1 aliphatic carbocycles. The van der Waals surface area contributed by atoms with E-state index in [0.717, 1.165) is 19.3 Å². The largest absolute Gasteiger partial charge is 0.480 e. The first kappa shape index (κ1) is 15.2. The summed E-state index contributed by atoms with van der Waals surface area (Å²) < 4.78 is 0. The van der Waals surface area contributed by atoms with Crippen molar-refractivity contribution in [2.75, 3.05) is 6.54 Å². The normalized spacial score (nSPS) is 16.1. The Balaban J connectivity index is 0.00000225. The van der Waals surface area contributed by atoms with E-state index < -0.39 is 12.0 Å². The molecule has 0 aromatic heterocycles. The van der Waals surface area contributed by atoms with E-state index in [2.05, 4.69) is 10.6 Å². The number of halogens is 1. The average molecular weight is 251 g/mol. The summed E-state index contributed by atoms with van der Waals surface area (Å²) >= 11 is 0. The van der Waals surface area contributed by atoms with E-state index in [1.165, 1.54) is 0 Å². The SMILES string of the molecule is CCCC(NCC(=O)NC1CC1)C(=O)O.Cl. The summed E-state index contributed by atoms with van der Waals surface area (Å²) in [6, 6.07) is -0.284. The molecule has 1 aliphatic rings. The molecule has 0 heterocycles. The fourth-order valence-electron chi connectivity index (χ4n) is 1.32. The number of nitrogens with one attached hydrogen (secondary N) is 2. The molecule has 94 valence electrons. The lowest BCUT2D eigenvalue weighted by Crippen LogP contribution is -2.43. The molecule has 5 nitrogen and oxygen atoms in total. The van der Waals surface area contributed by atoms with Gasteiger partial charge in [-0.05, 0) is 19.3 Å². The molecule has 3 N–H and O–H groups in total. The van der Waals surface area contributed by atoms with Gasteiger partial charge in [0.05, 0.1) is 6.54 Å². The number of carboxylic acid groups (broad SMARTS) is 1. The quantitative estimate of drug-likeness (QED) is 0.616. The second-order valence-electron chi connectivity index (χ2n) is 3.90. The number of carboxylic acids is 1. The van der Waals surface area contributed by atoms with Crippen molar-refractivity contribution in [3.8, 4) is 0 Å². The van der Waals surface area contributed by atoms with Gasteiger partial charge in [-0.2, -0.15) is 0 Å². The maximum absolute atomic E-state index is 11.3. The molecule has 0 saturated heterocycles. The van der Waals surface area contributed by atoms with E-state index in [1.807, 2.05) is 6.92 Å². The molecular formula is C10H19ClN2O3. The Kier molecular flexibility index (Phi) is 7.08. The van der Waals surface area contributed by atoms with Crippen molar-refractivity contribution < 1.29 is 14.7 Å². The van der Waals surface area contributed by atoms with E-state index in [9.17, 15) is 9.59 Å². The summed E-state index contributed by atoms with van der Waals surface area (Å²) in [7, 11) is 0. The lowest BCUT2D eigenvalue weighted by molar-refractivity contribution is -0.139. The zero-order chi connectivity index (χ0) is 11.3. The van der Waals surface area contributed by atoms with E-state index in [1.54, 1.807) is 0 Å². The predicted octanol–water partition coefficient (Wildman–Crippen LogP) is 0.530. The summed E-state index contributed by atoms with van der Waals surface area (Å²) in [4.78, 5) is 22.0. The molecule has 0 aromatic carbocycles. The predicted molar refractivity (Wildman–Crippen MR) is 62.7 cm³/mol. The highest BCUT2D eigenvalue weighted by Gasteiger charge is 2.24. The fraction of sp³-hybridized carbons (Fsp3) is 0.800. The van der Waals surface area contributed by atoms with Gasteiger partial charge >= 0.3 is 5.97 Å². The fourth-order valence-corrected chi connectivity index (χ4v) is 1.32. The van der Waals surface area contributed by atoms with Gasteiger partial charge in [0.1, 0.15) is 6.04 Å². The van der Waals surface area contributed by atoms with E-state index in [-0.39, 0.29) is 24.9 Å². The number of amides is 1. The monoisotopic (exact) mass is 250 g/mol. The third kappa shape index (κ3) is 5.92. The minimum absolute atomic E-state index is 0. The minimum atomic E-state index is -0.893. The number of aliphatic carboxylic acids is 1. The average Bonchev–Trinajstić information content (AvgIpc) is 2.95. The van der Waals surface area contributed by atoms with Crippen LogP contribution < -0.4 is 10.6 Å². The topological polar surface area (TPSA) is 78.4 Å². The van der Waals surface area contributed by atoms with Gasteiger partial charge in [-0.1, -0.05) is 13.3 Å². The molecule has 0 spiro atoms. The van der Waals surface area contributed by atoms with Gasteiger partial charge < -0.3 is 10.4 Å². The van der Waals surface area contributed by atoms with Gasteiger partial charge in [0.2, 0.25) is 5.91 Å². The zero-order valence-electron chi connectivity index (χ0n) is 9.36. The Bertz CT molecular complexity index is 244. The summed E-state index contributed by atoms with van der Waals surface area (Å²) in [5.74, 6) is -1.00. The number of hydrogen-bond acceptors (Lipinski definition) is 3. The molecule has 1 atom stereocenters. The van der Waals surface area contributed by atoms with Gasteiger partial charge in [-0.3, -0.25) is 14.9 Å². The summed E-state index contributed by atoms with van der Waals surface area (Å²) in [6.45, 7) is 2.01. The van der Waals surface area contributed by atoms with Crippen molar-refractivity contribution in [2.24, 2.45) is 0 Å². The van der Waals surface area contributed by atoms with Crippen LogP contribution in [0.3, 0.4) is 0 Å². The van der Waals surface area contributed by atoms with Crippen molar-refractivity contribution in [1.29, 1.82) is 0 Å². The molecule has 1 rings (SSSR count). The highest BCUT2D eigenvalue weighted by molar-refractivity contribution is 5.85. The first-order valence-electron chi connectivity index (χ1n) is 5.39. The summed E-state index contributed by atoms with van der Waals surface area (Å²) in [5.41, 5.74) is 0. The standard InChI is InChI=1S/C10H18N2O3.ClH/c1-2-3-8(10(14)15)11-6-9(13)12-7-4-5-7;/h7-8,11H,2-6H2,1H3,(H,12,13)(H,14,15);1H. The van der Waals surface area contributed by atoms with Gasteiger partial charge in [-0.25, -0.2) is 0 Å². The maximum atomic E-state index is 11.3. The van der Waals surface area contributed by atoms with Gasteiger partial charge in [0.15, 0.2) is 0 Å². The molecule has 0 aliphatic heterocycles. The van der Waals surface area contributed by atoms with Crippen molar-refractivity contribution in [2.45, 2.75) is 44.7 Å². The maximum Gasteiger partial charge on any atom is 0.320 e. The van der Waals surface area contributed by atoms with E-state index >= 15 is 0 Å². The first-order chi connectivity index (χ1) is 7.13. The highest BCUT2D eigenvalue weighted by atomic mass is 35.5. The smallest absolute Gasteiger partial charge is 0.320 e. The Morgan fingerprint density at radius 1 is 1.44 bits per heavy atom. The van der Waals surface area contributed by atoms with Crippen LogP contribution in [0.1, 0.15) is 32.6 Å². The van der Waals surface area contributed by atoms with Crippen molar-refractivity contribution in [1.82, 2.24) is 10.6 Å². The molecule has 1 fully saturated rings. The molecule has 0 aromatic rings. The number of hydrogen-bond donors (Lipinski definition) is 3. The molecule has 6 heteroatoms. The Hall–Kier alpha value is -0.810. The molecule has 1 saturated carbocycles. The number of rotatable bonds is 7. The lowest BCUT2D eigenvalue weighted by Gasteiger charge is -2.12. The lowest BCUT2D eigenvalue weighted by atomic mass is 10.2. The second-order valence-corrected chi connectivity index (χ2v) is 3.90. The van der Waals surface area contributed by atoms with E-state index in [4.69, 9.17) is 5.11 Å². The second kappa shape index (κ2) is 7.46. The van der Waals surface area contributed by atoms with Crippen molar-refractivity contribution >= 4 is 24.3 Å². The van der Waals surface area contributed by atoms with Crippen molar-refractivity contribution in [3.63, 3.8) is 0 Å². The minimum Gasteiger partial charge on any atom is -0.480 e. The molecule has 0 bridgehead atoms.